The number of alkyl halides is 1. The van der Waals surface area contributed by atoms with E-state index in [2.05, 4.69) is 21.2 Å². The quantitative estimate of drug-likeness (QED) is 0.0638. The van der Waals surface area contributed by atoms with Gasteiger partial charge in [0.25, 0.3) is 0 Å². The van der Waals surface area contributed by atoms with Gasteiger partial charge < -0.3 is 24.3 Å². The number of ether oxygens (including phenoxy) is 4. The maximum atomic E-state index is 13.3. The van der Waals surface area contributed by atoms with Gasteiger partial charge in [0.05, 0.1) is 51.8 Å². The van der Waals surface area contributed by atoms with Gasteiger partial charge in [0, 0.05) is 32.0 Å². The van der Waals surface area contributed by atoms with Crippen LogP contribution in [0.4, 0.5) is 10.7 Å². The van der Waals surface area contributed by atoms with Crippen LogP contribution in [0.15, 0.2) is 53.5 Å². The van der Waals surface area contributed by atoms with Crippen LogP contribution in [0, 0.1) is 24.7 Å². The molecular weight excluding hydrogens is 694 g/mol. The molecule has 0 spiro atoms. The Morgan fingerprint density at radius 3 is 2.20 bits per heavy atom. The molecule has 246 valence electrons. The molecule has 0 aliphatic carbocycles. The van der Waals surface area contributed by atoms with Crippen LogP contribution in [0.25, 0.3) is 0 Å². The maximum Gasteiger partial charge on any atom is 0.227 e. The molecule has 1 aliphatic heterocycles. The van der Waals surface area contributed by atoms with Gasteiger partial charge in [-0.1, -0.05) is 39.7 Å². The Morgan fingerprint density at radius 1 is 0.978 bits per heavy atom. The van der Waals surface area contributed by atoms with Crippen molar-refractivity contribution < 1.29 is 23.7 Å². The molecule has 0 fully saturated rings. The van der Waals surface area contributed by atoms with Crippen LogP contribution in [0.1, 0.15) is 34.9 Å². The third-order valence-electron chi connectivity index (χ3n) is 7.08. The third kappa shape index (κ3) is 9.69. The number of hydrogen-bond acceptors (Lipinski definition) is 9. The molecule has 1 aromatic heterocycles. The number of fused-ring (bicyclic) bond motifs is 1. The first-order valence-corrected chi connectivity index (χ1v) is 17.2. The molecule has 0 radical (unpaired) electrons. The van der Waals surface area contributed by atoms with Crippen LogP contribution < -0.4 is 15.0 Å². The van der Waals surface area contributed by atoms with Gasteiger partial charge in [-0.2, -0.15) is 0 Å². The lowest BCUT2D eigenvalue weighted by Crippen LogP contribution is -2.41. The number of benzene rings is 2. The van der Waals surface area contributed by atoms with Crippen molar-refractivity contribution >= 4 is 72.8 Å². The molecule has 4 rings (SSSR count). The first-order valence-electron chi connectivity index (χ1n) is 14.9. The fourth-order valence-corrected chi connectivity index (χ4v) is 6.30. The summed E-state index contributed by atoms with van der Waals surface area (Å²) in [5.74, 6) is 0.615. The number of amidine groups is 2. The monoisotopic (exact) mass is 731 g/mol. The number of amides is 1. The van der Waals surface area contributed by atoms with Gasteiger partial charge in [0.15, 0.2) is 0 Å². The Bertz CT molecular complexity index is 1530. The van der Waals surface area contributed by atoms with Crippen molar-refractivity contribution in [1.82, 2.24) is 0 Å². The average Bonchev–Trinajstić information content (AvgIpc) is 3.24. The highest BCUT2D eigenvalue weighted by molar-refractivity contribution is 9.09. The van der Waals surface area contributed by atoms with Crippen LogP contribution in [-0.4, -0.2) is 80.9 Å². The Balaban J connectivity index is 1.35. The number of carbonyl (C=O) groups is 1. The molecule has 1 amide bonds. The summed E-state index contributed by atoms with van der Waals surface area (Å²) in [7, 11) is 0. The fraction of sp³-hybridized carbons (Fsp3) is 0.394. The van der Waals surface area contributed by atoms with E-state index in [0.29, 0.717) is 68.4 Å². The molecule has 46 heavy (non-hydrogen) atoms. The van der Waals surface area contributed by atoms with Crippen LogP contribution in [0.5, 0.6) is 5.75 Å². The van der Waals surface area contributed by atoms with Gasteiger partial charge in [-0.3, -0.25) is 25.5 Å². The Hall–Kier alpha value is -3.13. The number of nitrogens with zero attached hydrogens (tertiary/aromatic N) is 2. The molecule has 1 atom stereocenters. The van der Waals surface area contributed by atoms with E-state index < -0.39 is 6.04 Å². The Kier molecular flexibility index (Phi) is 13.7. The first kappa shape index (κ1) is 35.7. The van der Waals surface area contributed by atoms with E-state index >= 15 is 0 Å². The lowest BCUT2D eigenvalue weighted by molar-refractivity contribution is -0.116. The summed E-state index contributed by atoms with van der Waals surface area (Å²) < 4.78 is 22.0. The van der Waals surface area contributed by atoms with Crippen molar-refractivity contribution in [3.63, 3.8) is 0 Å². The minimum absolute atomic E-state index is 0.0736. The lowest BCUT2D eigenvalue weighted by Gasteiger charge is -2.24. The van der Waals surface area contributed by atoms with Gasteiger partial charge >= 0.3 is 0 Å². The predicted molar refractivity (Wildman–Crippen MR) is 190 cm³/mol. The number of thiophene rings is 1. The first-order chi connectivity index (χ1) is 22.2. The predicted octanol–water partition coefficient (Wildman–Crippen LogP) is 6.87. The second-order valence-corrected chi connectivity index (χ2v) is 12.9. The second kappa shape index (κ2) is 17.7. The fourth-order valence-electron chi connectivity index (χ4n) is 4.72. The number of nitrogens with one attached hydrogen (secondary N) is 3. The molecule has 0 saturated carbocycles. The van der Waals surface area contributed by atoms with Crippen molar-refractivity contribution in [1.29, 1.82) is 10.8 Å². The Morgan fingerprint density at radius 2 is 1.59 bits per heavy atom. The van der Waals surface area contributed by atoms with Crippen molar-refractivity contribution in [2.45, 2.75) is 33.2 Å². The van der Waals surface area contributed by atoms with E-state index in [4.69, 9.17) is 46.4 Å². The largest absolute Gasteiger partial charge is 0.491 e. The maximum absolute atomic E-state index is 13.3. The highest BCUT2D eigenvalue weighted by atomic mass is 79.9. The average molecular weight is 733 g/mol. The van der Waals surface area contributed by atoms with Crippen molar-refractivity contribution in [3.05, 3.63) is 75.1 Å². The normalized spacial score (nSPS) is 14.5. The molecule has 0 bridgehead atoms. The van der Waals surface area contributed by atoms with Gasteiger partial charge in [-0.25, -0.2) is 0 Å². The number of anilines is 2. The van der Waals surface area contributed by atoms with Crippen molar-refractivity contribution in [3.8, 4) is 5.75 Å². The number of halogens is 2. The minimum Gasteiger partial charge on any atom is -0.491 e. The van der Waals surface area contributed by atoms with E-state index in [0.717, 1.165) is 31.9 Å². The molecule has 13 heteroatoms. The molecule has 0 saturated heterocycles. The minimum atomic E-state index is -0.814. The van der Waals surface area contributed by atoms with E-state index in [1.165, 1.54) is 11.3 Å². The van der Waals surface area contributed by atoms with Crippen LogP contribution in [0.2, 0.25) is 5.02 Å². The topological polar surface area (TPSA) is 129 Å². The van der Waals surface area contributed by atoms with Gasteiger partial charge in [-0.15, -0.1) is 11.3 Å². The van der Waals surface area contributed by atoms with Crippen LogP contribution in [0.3, 0.4) is 0 Å². The zero-order chi connectivity index (χ0) is 33.1. The van der Waals surface area contributed by atoms with E-state index in [1.807, 2.05) is 26.0 Å². The van der Waals surface area contributed by atoms with Crippen molar-refractivity contribution in [2.75, 3.05) is 61.8 Å². The molecular formula is C33H39BrClN5O5S. The zero-order valence-electron chi connectivity index (χ0n) is 26.2. The van der Waals surface area contributed by atoms with Gasteiger partial charge in [0.2, 0.25) is 5.91 Å². The smallest absolute Gasteiger partial charge is 0.227 e. The molecule has 3 aromatic rings. The third-order valence-corrected chi connectivity index (χ3v) is 8.85. The summed E-state index contributed by atoms with van der Waals surface area (Å²) in [5, 5.41) is 22.7. The Labute approximate surface area is 287 Å². The highest BCUT2D eigenvalue weighted by Crippen LogP contribution is 2.40. The standard InChI is InChI=1S/C33H39BrClN5O5S/c1-21-22(2)46-33-30(21)31(24-4-6-25(35)7-5-24)39-28(32(37)40(33)23(3)36)20-29(41)38-26-8-10-27(11-9-26)45-19-18-44-17-16-43-15-14-42-13-12-34/h4-11,28,36-37H,12-20H2,1-3H3,(H,38,41)/t28-/m0/s1. The van der Waals surface area contributed by atoms with Gasteiger partial charge in [0.1, 0.15) is 35.1 Å². The number of hydrogen-bond donors (Lipinski definition) is 3. The number of carbonyl (C=O) groups excluding carboxylic acids is 1. The lowest BCUT2D eigenvalue weighted by atomic mass is 9.99. The zero-order valence-corrected chi connectivity index (χ0v) is 29.3. The van der Waals surface area contributed by atoms with Crippen molar-refractivity contribution in [2.24, 2.45) is 4.99 Å². The van der Waals surface area contributed by atoms with Crippen LogP contribution >= 0.6 is 38.9 Å². The summed E-state index contributed by atoms with van der Waals surface area (Å²) >= 11 is 11.0. The molecule has 2 heterocycles. The summed E-state index contributed by atoms with van der Waals surface area (Å²) in [6, 6.07) is 13.6. The molecule has 2 aromatic carbocycles. The highest BCUT2D eigenvalue weighted by Gasteiger charge is 2.34. The van der Waals surface area contributed by atoms with Gasteiger partial charge in [-0.05, 0) is 62.7 Å². The second-order valence-electron chi connectivity index (χ2n) is 10.4. The summed E-state index contributed by atoms with van der Waals surface area (Å²) in [6.07, 6.45) is -0.0736. The van der Waals surface area contributed by atoms with E-state index in [9.17, 15) is 4.79 Å². The number of aryl methyl sites for hydroxylation is 1. The van der Waals surface area contributed by atoms with Crippen LogP contribution in [-0.2, 0) is 19.0 Å². The molecule has 1 aliphatic rings. The number of rotatable bonds is 16. The summed E-state index contributed by atoms with van der Waals surface area (Å²) in [4.78, 5) is 20.9. The summed E-state index contributed by atoms with van der Waals surface area (Å²) in [6.45, 7) is 9.22. The molecule has 3 N–H and O–H groups in total. The molecule has 10 nitrogen and oxygen atoms in total. The van der Waals surface area contributed by atoms with E-state index in [-0.39, 0.29) is 24.0 Å². The summed E-state index contributed by atoms with van der Waals surface area (Å²) in [5.41, 5.74) is 4.00. The number of aliphatic imine (C=N–C) groups is 1. The van der Waals surface area contributed by atoms with E-state index in [1.54, 1.807) is 48.2 Å². The SMILES string of the molecule is CC(=N)N1C(=N)[C@H](CC(=O)Nc2ccc(OCCOCCOCCOCCBr)cc2)N=C(c2ccc(Cl)cc2)c2c1sc(C)c2C. The molecule has 0 unspecified atom stereocenters.